The van der Waals surface area contributed by atoms with Gasteiger partial charge in [0, 0.05) is 23.6 Å². The minimum Gasteiger partial charge on any atom is -0.502 e. The number of phenols is 1. The summed E-state index contributed by atoms with van der Waals surface area (Å²) in [5.74, 6) is -2.78. The number of carbonyl (C=O) groups is 2. The highest BCUT2D eigenvalue weighted by Gasteiger charge is 2.11. The van der Waals surface area contributed by atoms with Gasteiger partial charge < -0.3 is 35.1 Å². The first-order chi connectivity index (χ1) is 14.4. The molecule has 0 saturated carbocycles. The molecule has 0 radical (unpaired) electrons. The van der Waals surface area contributed by atoms with Gasteiger partial charge in [0.2, 0.25) is 5.75 Å². The lowest BCUT2D eigenvalue weighted by Crippen LogP contribution is -2.16. The van der Waals surface area contributed by atoms with Crippen LogP contribution in [0.4, 0.5) is 0 Å². The highest BCUT2D eigenvalue weighted by molar-refractivity contribution is 6.27. The van der Waals surface area contributed by atoms with Crippen molar-refractivity contribution >= 4 is 22.8 Å². The Kier molecular flexibility index (Phi) is 8.07. The molecule has 160 valence electrons. The van der Waals surface area contributed by atoms with Crippen LogP contribution in [0.25, 0.3) is 10.9 Å². The monoisotopic (exact) mass is 416 g/mol. The largest absolute Gasteiger partial charge is 0.502 e. The molecule has 0 unspecified atom stereocenters. The summed E-state index contributed by atoms with van der Waals surface area (Å²) in [5.41, 5.74) is 3.47. The van der Waals surface area contributed by atoms with Gasteiger partial charge in [0.05, 0.1) is 14.2 Å². The van der Waals surface area contributed by atoms with E-state index >= 15 is 0 Å². The third-order valence-electron chi connectivity index (χ3n) is 4.30. The molecule has 1 aromatic heterocycles. The lowest BCUT2D eigenvalue weighted by Gasteiger charge is -2.12. The van der Waals surface area contributed by atoms with E-state index in [1.54, 1.807) is 0 Å². The van der Waals surface area contributed by atoms with Crippen molar-refractivity contribution in [1.82, 2.24) is 10.3 Å². The molecule has 0 fully saturated rings. The maximum Gasteiger partial charge on any atom is 0.414 e. The van der Waals surface area contributed by atoms with E-state index in [9.17, 15) is 5.11 Å². The minimum absolute atomic E-state index is 0.0301. The Balaban J connectivity index is 0.000000469. The van der Waals surface area contributed by atoms with Crippen molar-refractivity contribution < 1.29 is 34.4 Å². The van der Waals surface area contributed by atoms with Crippen molar-refractivity contribution in [2.45, 2.75) is 13.0 Å². The van der Waals surface area contributed by atoms with Crippen molar-refractivity contribution in [3.63, 3.8) is 0 Å². The zero-order valence-electron chi connectivity index (χ0n) is 16.6. The number of hydrogen-bond donors (Lipinski definition) is 5. The standard InChI is InChI=1S/C19H22N2O3.C2H2O4/c1-23-17-9-13(10-18(24-2)19(17)22)11-20-8-7-14-12-21-16-6-4-3-5-15(14)16;3-1(4)2(5)6/h3-6,9-10,12,20-22H,7-8,11H2,1-2H3;(H,3,4)(H,5,6). The predicted octanol–water partition coefficient (Wildman–Crippen LogP) is 2.38. The fourth-order valence-corrected chi connectivity index (χ4v) is 2.84. The average Bonchev–Trinajstić information content (AvgIpc) is 3.15. The molecule has 0 bridgehead atoms. The average molecular weight is 416 g/mol. The molecule has 0 spiro atoms. The summed E-state index contributed by atoms with van der Waals surface area (Å²) in [6, 6.07) is 11.9. The molecule has 3 rings (SSSR count). The quantitative estimate of drug-likeness (QED) is 0.292. The van der Waals surface area contributed by atoms with Crippen LogP contribution in [0.2, 0.25) is 0 Å². The van der Waals surface area contributed by atoms with Crippen LogP contribution < -0.4 is 14.8 Å². The smallest absolute Gasteiger partial charge is 0.414 e. The van der Waals surface area contributed by atoms with Crippen LogP contribution in [-0.4, -0.2) is 53.0 Å². The van der Waals surface area contributed by atoms with Gasteiger partial charge in [-0.15, -0.1) is 0 Å². The van der Waals surface area contributed by atoms with E-state index in [-0.39, 0.29) is 5.75 Å². The van der Waals surface area contributed by atoms with Crippen LogP contribution in [0, 0.1) is 0 Å². The second-order valence-corrected chi connectivity index (χ2v) is 6.25. The van der Waals surface area contributed by atoms with Gasteiger partial charge >= 0.3 is 11.9 Å². The molecular formula is C21H24N2O7. The maximum atomic E-state index is 9.94. The highest BCUT2D eigenvalue weighted by Crippen LogP contribution is 2.37. The number of carboxylic acids is 2. The lowest BCUT2D eigenvalue weighted by atomic mass is 10.1. The number of H-pyrrole nitrogens is 1. The first-order valence-corrected chi connectivity index (χ1v) is 9.03. The van der Waals surface area contributed by atoms with Gasteiger partial charge in [-0.2, -0.15) is 0 Å². The molecule has 0 aliphatic carbocycles. The zero-order chi connectivity index (χ0) is 22.1. The number of para-hydroxylation sites is 1. The third kappa shape index (κ3) is 5.89. The summed E-state index contributed by atoms with van der Waals surface area (Å²) in [6.07, 6.45) is 3.01. The van der Waals surface area contributed by atoms with Crippen LogP contribution >= 0.6 is 0 Å². The van der Waals surface area contributed by atoms with Gasteiger partial charge in [-0.1, -0.05) is 18.2 Å². The number of ether oxygens (including phenoxy) is 2. The third-order valence-corrected chi connectivity index (χ3v) is 4.30. The van der Waals surface area contributed by atoms with Crippen LogP contribution in [0.1, 0.15) is 11.1 Å². The Morgan fingerprint density at radius 3 is 2.20 bits per heavy atom. The first-order valence-electron chi connectivity index (χ1n) is 9.03. The Morgan fingerprint density at radius 1 is 1.03 bits per heavy atom. The van der Waals surface area contributed by atoms with E-state index in [1.165, 1.54) is 30.7 Å². The lowest BCUT2D eigenvalue weighted by molar-refractivity contribution is -0.159. The fraction of sp³-hybridized carbons (Fsp3) is 0.238. The fourth-order valence-electron chi connectivity index (χ4n) is 2.84. The molecule has 0 saturated heterocycles. The van der Waals surface area contributed by atoms with Gasteiger partial charge in [-0.3, -0.25) is 0 Å². The number of methoxy groups -OCH3 is 2. The van der Waals surface area contributed by atoms with Gasteiger partial charge in [-0.05, 0) is 42.3 Å². The molecule has 2 aromatic carbocycles. The molecule has 0 aliphatic heterocycles. The Labute approximate surface area is 172 Å². The molecule has 9 heteroatoms. The summed E-state index contributed by atoms with van der Waals surface area (Å²) in [5, 5.41) is 29.4. The Bertz CT molecular complexity index is 977. The van der Waals surface area contributed by atoms with Gasteiger partial charge in [-0.25, -0.2) is 9.59 Å². The molecule has 0 aliphatic rings. The summed E-state index contributed by atoms with van der Waals surface area (Å²) in [7, 11) is 3.06. The predicted molar refractivity (Wildman–Crippen MR) is 110 cm³/mol. The summed E-state index contributed by atoms with van der Waals surface area (Å²) in [4.78, 5) is 21.5. The molecule has 0 amide bonds. The normalized spacial score (nSPS) is 10.2. The minimum atomic E-state index is -1.82. The first kappa shape index (κ1) is 22.6. The number of aliphatic carboxylic acids is 2. The number of hydrogen-bond acceptors (Lipinski definition) is 6. The highest BCUT2D eigenvalue weighted by atomic mass is 16.5. The van der Waals surface area contributed by atoms with E-state index < -0.39 is 11.9 Å². The van der Waals surface area contributed by atoms with Crippen molar-refractivity contribution in [3.8, 4) is 17.2 Å². The maximum absolute atomic E-state index is 9.94. The molecule has 30 heavy (non-hydrogen) atoms. The van der Waals surface area contributed by atoms with Crippen molar-refractivity contribution in [1.29, 1.82) is 0 Å². The molecular weight excluding hydrogens is 392 g/mol. The number of carboxylic acid groups (broad SMARTS) is 2. The molecule has 5 N–H and O–H groups in total. The summed E-state index contributed by atoms with van der Waals surface area (Å²) in [6.45, 7) is 1.53. The second kappa shape index (κ2) is 10.7. The Hall–Kier alpha value is -3.72. The number of fused-ring (bicyclic) bond motifs is 1. The summed E-state index contributed by atoms with van der Waals surface area (Å²) >= 11 is 0. The van der Waals surface area contributed by atoms with Gasteiger partial charge in [0.25, 0.3) is 0 Å². The number of phenolic OH excluding ortho intramolecular Hbond substituents is 1. The second-order valence-electron chi connectivity index (χ2n) is 6.25. The number of nitrogens with one attached hydrogen (secondary N) is 2. The number of rotatable bonds is 7. The van der Waals surface area contributed by atoms with E-state index in [4.69, 9.17) is 29.3 Å². The SMILES string of the molecule is COc1cc(CNCCc2c[nH]c3ccccc23)cc(OC)c1O.O=C(O)C(=O)O. The zero-order valence-corrected chi connectivity index (χ0v) is 16.6. The van der Waals surface area contributed by atoms with E-state index in [0.717, 1.165) is 18.5 Å². The molecule has 9 nitrogen and oxygen atoms in total. The van der Waals surface area contributed by atoms with Crippen LogP contribution in [0.5, 0.6) is 17.2 Å². The Morgan fingerprint density at radius 2 is 1.63 bits per heavy atom. The van der Waals surface area contributed by atoms with Crippen LogP contribution in [0.15, 0.2) is 42.6 Å². The number of aromatic amines is 1. The van der Waals surface area contributed by atoms with E-state index in [0.29, 0.717) is 18.0 Å². The van der Waals surface area contributed by atoms with Crippen LogP contribution in [-0.2, 0) is 22.6 Å². The van der Waals surface area contributed by atoms with Gasteiger partial charge in [0.1, 0.15) is 0 Å². The van der Waals surface area contributed by atoms with Crippen molar-refractivity contribution in [2.75, 3.05) is 20.8 Å². The number of aromatic nitrogens is 1. The molecule has 0 atom stereocenters. The van der Waals surface area contributed by atoms with Crippen molar-refractivity contribution in [2.24, 2.45) is 0 Å². The summed E-state index contributed by atoms with van der Waals surface area (Å²) < 4.78 is 10.4. The van der Waals surface area contributed by atoms with Gasteiger partial charge in [0.15, 0.2) is 11.5 Å². The number of aromatic hydroxyl groups is 1. The van der Waals surface area contributed by atoms with Crippen LogP contribution in [0.3, 0.4) is 0 Å². The van der Waals surface area contributed by atoms with Crippen molar-refractivity contribution in [3.05, 3.63) is 53.7 Å². The topological polar surface area (TPSA) is 141 Å². The molecule has 3 aromatic rings. The molecule has 1 heterocycles. The number of benzene rings is 2. The van der Waals surface area contributed by atoms with E-state index in [1.807, 2.05) is 18.2 Å². The van der Waals surface area contributed by atoms with E-state index in [2.05, 4.69) is 34.7 Å².